The zero-order chi connectivity index (χ0) is 20.9. The van der Waals surface area contributed by atoms with E-state index in [0.717, 1.165) is 54.4 Å². The molecule has 0 aliphatic carbocycles. The van der Waals surface area contributed by atoms with E-state index in [1.165, 1.54) is 5.56 Å². The van der Waals surface area contributed by atoms with Crippen molar-refractivity contribution in [1.29, 1.82) is 0 Å². The molecule has 1 aliphatic rings. The van der Waals surface area contributed by atoms with E-state index in [0.29, 0.717) is 11.6 Å². The number of rotatable bonds is 6. The zero-order valence-electron chi connectivity index (χ0n) is 17.0. The fraction of sp³-hybridized carbons (Fsp3) is 0.348. The van der Waals surface area contributed by atoms with Gasteiger partial charge < -0.3 is 10.2 Å². The van der Waals surface area contributed by atoms with Gasteiger partial charge in [-0.2, -0.15) is 0 Å². The first-order valence-corrected chi connectivity index (χ1v) is 11.5. The summed E-state index contributed by atoms with van der Waals surface area (Å²) in [5, 5.41) is 6.84. The lowest BCUT2D eigenvalue weighted by molar-refractivity contribution is -0.125. The van der Waals surface area contributed by atoms with Gasteiger partial charge in [0.25, 0.3) is 0 Å². The maximum atomic E-state index is 12.6. The summed E-state index contributed by atoms with van der Waals surface area (Å²) in [4.78, 5) is 23.8. The van der Waals surface area contributed by atoms with Crippen molar-refractivity contribution in [3.63, 3.8) is 0 Å². The fourth-order valence-electron chi connectivity index (χ4n) is 3.63. The number of thiazole rings is 1. The van der Waals surface area contributed by atoms with Crippen LogP contribution in [-0.2, 0) is 11.2 Å². The second kappa shape index (κ2) is 9.58. The Kier molecular flexibility index (Phi) is 6.65. The molecule has 30 heavy (non-hydrogen) atoms. The molecule has 0 spiro atoms. The molecule has 0 radical (unpaired) electrons. The Labute approximate surface area is 186 Å². The number of benzene rings is 1. The molecule has 2 aromatic heterocycles. The number of hydrogen-bond acceptors (Lipinski definition) is 5. The number of aryl methyl sites for hydroxylation is 1. The number of nitrogens with zero attached hydrogens (tertiary/aromatic N) is 3. The lowest BCUT2D eigenvalue weighted by Crippen LogP contribution is -2.41. The largest absolute Gasteiger partial charge is 0.357 e. The van der Waals surface area contributed by atoms with Gasteiger partial charge in [0.15, 0.2) is 0 Å². The Morgan fingerprint density at radius 3 is 2.67 bits per heavy atom. The van der Waals surface area contributed by atoms with Crippen molar-refractivity contribution >= 4 is 34.7 Å². The molecular formula is C23H25ClN4OS. The van der Waals surface area contributed by atoms with Crippen LogP contribution in [0.2, 0.25) is 5.02 Å². The van der Waals surface area contributed by atoms with Crippen molar-refractivity contribution in [1.82, 2.24) is 15.3 Å². The number of carbonyl (C=O) groups is 1. The standard InChI is InChI=1S/C23H25ClN4OS/c1-16-2-4-18(5-3-16)23-27-20(15-30-23)8-11-25-22(29)17-9-12-28(13-10-17)21-7-6-19(24)14-26-21/h2-7,14-15,17H,8-13H2,1H3,(H,25,29). The highest BCUT2D eigenvalue weighted by atomic mass is 35.5. The van der Waals surface area contributed by atoms with Gasteiger partial charge in [-0.05, 0) is 31.9 Å². The second-order valence-electron chi connectivity index (χ2n) is 7.65. The minimum Gasteiger partial charge on any atom is -0.357 e. The third kappa shape index (κ3) is 5.18. The molecule has 1 fully saturated rings. The van der Waals surface area contributed by atoms with E-state index in [-0.39, 0.29) is 11.8 Å². The Bertz CT molecular complexity index is 979. The van der Waals surface area contributed by atoms with Gasteiger partial charge >= 0.3 is 0 Å². The average molecular weight is 441 g/mol. The highest BCUT2D eigenvalue weighted by Gasteiger charge is 2.25. The number of aromatic nitrogens is 2. The molecule has 7 heteroatoms. The topological polar surface area (TPSA) is 58.1 Å². The normalized spacial score (nSPS) is 14.7. The number of pyridine rings is 1. The number of halogens is 1. The van der Waals surface area contributed by atoms with Crippen LogP contribution in [0.5, 0.6) is 0 Å². The Hall–Kier alpha value is -2.44. The third-order valence-corrected chi connectivity index (χ3v) is 6.60. The molecule has 4 rings (SSSR count). The van der Waals surface area contributed by atoms with Crippen LogP contribution in [0.25, 0.3) is 10.6 Å². The van der Waals surface area contributed by atoms with E-state index in [9.17, 15) is 4.79 Å². The Balaban J connectivity index is 1.22. The summed E-state index contributed by atoms with van der Waals surface area (Å²) >= 11 is 7.56. The third-order valence-electron chi connectivity index (χ3n) is 5.43. The van der Waals surface area contributed by atoms with Crippen LogP contribution in [0.4, 0.5) is 5.82 Å². The van der Waals surface area contributed by atoms with Crippen molar-refractivity contribution < 1.29 is 4.79 Å². The minimum absolute atomic E-state index is 0.0621. The monoisotopic (exact) mass is 440 g/mol. The molecule has 1 amide bonds. The van der Waals surface area contributed by atoms with Crippen molar-refractivity contribution in [2.24, 2.45) is 5.92 Å². The van der Waals surface area contributed by atoms with Crippen molar-refractivity contribution in [3.8, 4) is 10.6 Å². The van der Waals surface area contributed by atoms with Crippen molar-refractivity contribution in [2.75, 3.05) is 24.5 Å². The number of anilines is 1. The van der Waals surface area contributed by atoms with Crippen LogP contribution in [-0.4, -0.2) is 35.5 Å². The predicted molar refractivity (Wildman–Crippen MR) is 123 cm³/mol. The molecule has 1 aromatic carbocycles. The van der Waals surface area contributed by atoms with Gasteiger partial charge in [0.1, 0.15) is 10.8 Å². The van der Waals surface area contributed by atoms with Gasteiger partial charge in [-0.15, -0.1) is 11.3 Å². The molecule has 1 aliphatic heterocycles. The van der Waals surface area contributed by atoms with E-state index in [1.54, 1.807) is 17.5 Å². The highest BCUT2D eigenvalue weighted by Crippen LogP contribution is 2.25. The maximum Gasteiger partial charge on any atom is 0.223 e. The van der Waals surface area contributed by atoms with Crippen LogP contribution in [0.1, 0.15) is 24.1 Å². The van der Waals surface area contributed by atoms with Gasteiger partial charge in [0.2, 0.25) is 5.91 Å². The zero-order valence-corrected chi connectivity index (χ0v) is 18.5. The van der Waals surface area contributed by atoms with Crippen LogP contribution in [0.15, 0.2) is 48.0 Å². The van der Waals surface area contributed by atoms with Crippen LogP contribution >= 0.6 is 22.9 Å². The molecule has 0 unspecified atom stereocenters. The number of piperidine rings is 1. The average Bonchev–Trinajstić information content (AvgIpc) is 3.24. The maximum absolute atomic E-state index is 12.6. The number of amides is 1. The molecule has 0 atom stereocenters. The number of hydrogen-bond donors (Lipinski definition) is 1. The summed E-state index contributed by atoms with van der Waals surface area (Å²) in [6.45, 7) is 4.37. The molecule has 1 N–H and O–H groups in total. The molecular weight excluding hydrogens is 416 g/mol. The molecule has 1 saturated heterocycles. The minimum atomic E-state index is 0.0621. The SMILES string of the molecule is Cc1ccc(-c2nc(CCNC(=O)C3CCN(c4ccc(Cl)cn4)CC3)cs2)cc1. The first-order chi connectivity index (χ1) is 14.6. The van der Waals surface area contributed by atoms with E-state index in [2.05, 4.69) is 51.8 Å². The van der Waals surface area contributed by atoms with Crippen LogP contribution in [0.3, 0.4) is 0 Å². The van der Waals surface area contributed by atoms with Gasteiger partial charge in [-0.3, -0.25) is 4.79 Å². The van der Waals surface area contributed by atoms with Gasteiger partial charge in [-0.1, -0.05) is 41.4 Å². The van der Waals surface area contributed by atoms with Crippen LogP contribution < -0.4 is 10.2 Å². The van der Waals surface area contributed by atoms with Gasteiger partial charge in [-0.25, -0.2) is 9.97 Å². The van der Waals surface area contributed by atoms with E-state index in [4.69, 9.17) is 16.6 Å². The van der Waals surface area contributed by atoms with Gasteiger partial charge in [0.05, 0.1) is 10.7 Å². The lowest BCUT2D eigenvalue weighted by Gasteiger charge is -2.32. The Morgan fingerprint density at radius 2 is 1.97 bits per heavy atom. The summed E-state index contributed by atoms with van der Waals surface area (Å²) in [5.41, 5.74) is 3.41. The molecule has 156 valence electrons. The summed E-state index contributed by atoms with van der Waals surface area (Å²) < 4.78 is 0. The summed E-state index contributed by atoms with van der Waals surface area (Å²) in [7, 11) is 0. The number of nitrogens with one attached hydrogen (secondary N) is 1. The smallest absolute Gasteiger partial charge is 0.223 e. The van der Waals surface area contributed by atoms with Crippen molar-refractivity contribution in [3.05, 3.63) is 64.3 Å². The Morgan fingerprint density at radius 1 is 1.20 bits per heavy atom. The first-order valence-electron chi connectivity index (χ1n) is 10.2. The van der Waals surface area contributed by atoms with Gasteiger partial charge in [0, 0.05) is 49.1 Å². The molecule has 3 heterocycles. The van der Waals surface area contributed by atoms with E-state index < -0.39 is 0 Å². The van der Waals surface area contributed by atoms with Crippen LogP contribution in [0, 0.1) is 12.8 Å². The number of carbonyl (C=O) groups excluding carboxylic acids is 1. The molecule has 0 saturated carbocycles. The van der Waals surface area contributed by atoms with E-state index >= 15 is 0 Å². The predicted octanol–water partition coefficient (Wildman–Crippen LogP) is 4.74. The summed E-state index contributed by atoms with van der Waals surface area (Å²) in [5.74, 6) is 1.13. The first kappa shape index (κ1) is 20.8. The quantitative estimate of drug-likeness (QED) is 0.601. The summed E-state index contributed by atoms with van der Waals surface area (Å²) in [6.07, 6.45) is 4.09. The summed E-state index contributed by atoms with van der Waals surface area (Å²) in [6, 6.07) is 12.2. The second-order valence-corrected chi connectivity index (χ2v) is 8.94. The lowest BCUT2D eigenvalue weighted by atomic mass is 9.96. The molecule has 0 bridgehead atoms. The highest BCUT2D eigenvalue weighted by molar-refractivity contribution is 7.13. The van der Waals surface area contributed by atoms with Crippen molar-refractivity contribution in [2.45, 2.75) is 26.2 Å². The molecule has 3 aromatic rings. The fourth-order valence-corrected chi connectivity index (χ4v) is 4.61. The molecule has 5 nitrogen and oxygen atoms in total. The van der Waals surface area contributed by atoms with E-state index in [1.807, 2.05) is 12.1 Å².